The summed E-state index contributed by atoms with van der Waals surface area (Å²) in [6.45, 7) is 2.56. The van der Waals surface area contributed by atoms with E-state index in [9.17, 15) is 8.42 Å². The SMILES string of the molecule is CCS(=O)(=O)CCNCCO. The van der Waals surface area contributed by atoms with Gasteiger partial charge in [-0.1, -0.05) is 6.92 Å². The Balaban J connectivity index is 3.39. The first-order chi connectivity index (χ1) is 5.12. The van der Waals surface area contributed by atoms with Crippen LogP contribution in [0.25, 0.3) is 0 Å². The van der Waals surface area contributed by atoms with Crippen LogP contribution in [0.4, 0.5) is 0 Å². The summed E-state index contributed by atoms with van der Waals surface area (Å²) in [6.07, 6.45) is 0. The molecule has 4 nitrogen and oxygen atoms in total. The van der Waals surface area contributed by atoms with Crippen molar-refractivity contribution < 1.29 is 13.5 Å². The molecule has 0 unspecified atom stereocenters. The van der Waals surface area contributed by atoms with Crippen molar-refractivity contribution in [2.75, 3.05) is 31.2 Å². The van der Waals surface area contributed by atoms with Crippen molar-refractivity contribution in [1.82, 2.24) is 5.32 Å². The maximum atomic E-state index is 10.9. The van der Waals surface area contributed by atoms with Crippen molar-refractivity contribution in [3.05, 3.63) is 0 Å². The molecule has 0 amide bonds. The number of aliphatic hydroxyl groups excluding tert-OH is 1. The van der Waals surface area contributed by atoms with Gasteiger partial charge in [-0.25, -0.2) is 8.42 Å². The summed E-state index contributed by atoms with van der Waals surface area (Å²) in [4.78, 5) is 0. The zero-order valence-electron chi connectivity index (χ0n) is 6.71. The van der Waals surface area contributed by atoms with Crippen LogP contribution in [0.2, 0.25) is 0 Å². The standard InChI is InChI=1S/C6H15NO3S/c1-2-11(9,10)6-4-7-3-5-8/h7-8H,2-6H2,1H3. The van der Waals surface area contributed by atoms with Gasteiger partial charge in [0.1, 0.15) is 0 Å². The first-order valence-electron chi connectivity index (χ1n) is 3.64. The first kappa shape index (κ1) is 10.9. The molecular weight excluding hydrogens is 166 g/mol. The predicted molar refractivity (Wildman–Crippen MR) is 44.3 cm³/mol. The molecule has 0 saturated heterocycles. The van der Waals surface area contributed by atoms with Gasteiger partial charge >= 0.3 is 0 Å². The fourth-order valence-electron chi connectivity index (χ4n) is 0.576. The van der Waals surface area contributed by atoms with Crippen LogP contribution < -0.4 is 5.32 Å². The zero-order valence-corrected chi connectivity index (χ0v) is 7.52. The van der Waals surface area contributed by atoms with Gasteiger partial charge in [0.15, 0.2) is 9.84 Å². The highest BCUT2D eigenvalue weighted by atomic mass is 32.2. The van der Waals surface area contributed by atoms with Crippen molar-refractivity contribution in [3.63, 3.8) is 0 Å². The largest absolute Gasteiger partial charge is 0.395 e. The van der Waals surface area contributed by atoms with Gasteiger partial charge in [0.2, 0.25) is 0 Å². The van der Waals surface area contributed by atoms with E-state index in [2.05, 4.69) is 5.32 Å². The molecule has 0 radical (unpaired) electrons. The van der Waals surface area contributed by atoms with Crippen LogP contribution in [0.15, 0.2) is 0 Å². The molecule has 0 rings (SSSR count). The average molecular weight is 181 g/mol. The summed E-state index contributed by atoms with van der Waals surface area (Å²) < 4.78 is 21.7. The summed E-state index contributed by atoms with van der Waals surface area (Å²) in [6, 6.07) is 0. The van der Waals surface area contributed by atoms with Crippen molar-refractivity contribution in [2.45, 2.75) is 6.92 Å². The van der Waals surface area contributed by atoms with E-state index in [-0.39, 0.29) is 18.1 Å². The molecule has 0 aromatic carbocycles. The molecule has 0 fully saturated rings. The van der Waals surface area contributed by atoms with E-state index in [4.69, 9.17) is 5.11 Å². The lowest BCUT2D eigenvalue weighted by Crippen LogP contribution is -2.26. The fourth-order valence-corrected chi connectivity index (χ4v) is 1.32. The highest BCUT2D eigenvalue weighted by molar-refractivity contribution is 7.91. The highest BCUT2D eigenvalue weighted by Gasteiger charge is 2.04. The maximum Gasteiger partial charge on any atom is 0.151 e. The molecular formula is C6H15NO3S. The lowest BCUT2D eigenvalue weighted by Gasteiger charge is -2.01. The monoisotopic (exact) mass is 181 g/mol. The number of hydrogen-bond donors (Lipinski definition) is 2. The molecule has 0 aromatic heterocycles. The summed E-state index contributed by atoms with van der Waals surface area (Å²) >= 11 is 0. The second-order valence-corrected chi connectivity index (χ2v) is 4.68. The molecule has 0 atom stereocenters. The predicted octanol–water partition coefficient (Wildman–Crippen LogP) is -0.997. The van der Waals surface area contributed by atoms with Crippen molar-refractivity contribution in [2.24, 2.45) is 0 Å². The third kappa shape index (κ3) is 6.28. The third-order valence-corrected chi connectivity index (χ3v) is 3.02. The van der Waals surface area contributed by atoms with Gasteiger partial charge in [-0.2, -0.15) is 0 Å². The number of nitrogens with one attached hydrogen (secondary N) is 1. The van der Waals surface area contributed by atoms with E-state index < -0.39 is 9.84 Å². The number of aliphatic hydroxyl groups is 1. The number of sulfone groups is 1. The van der Waals surface area contributed by atoms with Crippen LogP contribution in [-0.2, 0) is 9.84 Å². The molecule has 5 heteroatoms. The van der Waals surface area contributed by atoms with E-state index in [0.717, 1.165) is 0 Å². The van der Waals surface area contributed by atoms with Crippen LogP contribution in [0.1, 0.15) is 6.92 Å². The lowest BCUT2D eigenvalue weighted by atomic mass is 10.6. The van der Waals surface area contributed by atoms with E-state index in [1.54, 1.807) is 6.92 Å². The van der Waals surface area contributed by atoms with Gasteiger partial charge in [0.25, 0.3) is 0 Å². The Morgan fingerprint density at radius 3 is 2.45 bits per heavy atom. The second-order valence-electron chi connectivity index (χ2n) is 2.21. The molecule has 0 aliphatic heterocycles. The van der Waals surface area contributed by atoms with Crippen molar-refractivity contribution >= 4 is 9.84 Å². The molecule has 0 heterocycles. The van der Waals surface area contributed by atoms with Gasteiger partial charge in [0.05, 0.1) is 12.4 Å². The second kappa shape index (κ2) is 5.51. The molecule has 0 spiro atoms. The lowest BCUT2D eigenvalue weighted by molar-refractivity contribution is 0.293. The minimum Gasteiger partial charge on any atom is -0.395 e. The van der Waals surface area contributed by atoms with Gasteiger partial charge in [0, 0.05) is 18.8 Å². The van der Waals surface area contributed by atoms with Gasteiger partial charge in [-0.3, -0.25) is 0 Å². The number of hydrogen-bond acceptors (Lipinski definition) is 4. The zero-order chi connectivity index (χ0) is 8.74. The number of rotatable bonds is 6. The van der Waals surface area contributed by atoms with E-state index in [1.807, 2.05) is 0 Å². The van der Waals surface area contributed by atoms with Crippen LogP contribution in [0.3, 0.4) is 0 Å². The molecule has 11 heavy (non-hydrogen) atoms. The Morgan fingerprint density at radius 1 is 1.36 bits per heavy atom. The fraction of sp³-hybridized carbons (Fsp3) is 1.00. The third-order valence-electron chi connectivity index (χ3n) is 1.32. The Bertz CT molecular complexity index is 176. The first-order valence-corrected chi connectivity index (χ1v) is 5.46. The molecule has 0 aliphatic carbocycles. The molecule has 68 valence electrons. The average Bonchev–Trinajstić information content (AvgIpc) is 1.99. The highest BCUT2D eigenvalue weighted by Crippen LogP contribution is 1.86. The Morgan fingerprint density at radius 2 is 2.00 bits per heavy atom. The van der Waals surface area contributed by atoms with E-state index in [1.165, 1.54) is 0 Å². The topological polar surface area (TPSA) is 66.4 Å². The molecule has 0 aromatic rings. The molecule has 0 saturated carbocycles. The normalized spacial score (nSPS) is 11.8. The quantitative estimate of drug-likeness (QED) is 0.516. The van der Waals surface area contributed by atoms with Gasteiger partial charge in [-0.05, 0) is 0 Å². The molecule has 0 bridgehead atoms. The summed E-state index contributed by atoms with van der Waals surface area (Å²) in [5.41, 5.74) is 0. The van der Waals surface area contributed by atoms with Crippen molar-refractivity contribution in [3.8, 4) is 0 Å². The van der Waals surface area contributed by atoms with Gasteiger partial charge in [-0.15, -0.1) is 0 Å². The Hall–Kier alpha value is -0.130. The smallest absolute Gasteiger partial charge is 0.151 e. The summed E-state index contributed by atoms with van der Waals surface area (Å²) in [7, 11) is -2.84. The van der Waals surface area contributed by atoms with Crippen LogP contribution >= 0.6 is 0 Å². The van der Waals surface area contributed by atoms with Crippen LogP contribution in [0.5, 0.6) is 0 Å². The Kier molecular flexibility index (Phi) is 5.45. The van der Waals surface area contributed by atoms with E-state index >= 15 is 0 Å². The van der Waals surface area contributed by atoms with Crippen LogP contribution in [-0.4, -0.2) is 44.7 Å². The van der Waals surface area contributed by atoms with Crippen LogP contribution in [0, 0.1) is 0 Å². The minimum absolute atomic E-state index is 0.0478. The maximum absolute atomic E-state index is 10.9. The molecule has 0 aliphatic rings. The van der Waals surface area contributed by atoms with Crippen molar-refractivity contribution in [1.29, 1.82) is 0 Å². The molecule has 2 N–H and O–H groups in total. The Labute approximate surface area is 67.5 Å². The summed E-state index contributed by atoms with van der Waals surface area (Å²) in [5, 5.41) is 11.1. The van der Waals surface area contributed by atoms with Gasteiger partial charge < -0.3 is 10.4 Å². The van der Waals surface area contributed by atoms with E-state index in [0.29, 0.717) is 13.1 Å². The summed E-state index contributed by atoms with van der Waals surface area (Å²) in [5.74, 6) is 0.345. The minimum atomic E-state index is -2.84.